The molecular formula is C17H22N2O2. The molecule has 1 amide bonds. The number of para-hydroxylation sites is 1. The summed E-state index contributed by atoms with van der Waals surface area (Å²) in [5.74, 6) is 1.29. The van der Waals surface area contributed by atoms with Gasteiger partial charge in [-0.3, -0.25) is 4.79 Å². The van der Waals surface area contributed by atoms with Crippen molar-refractivity contribution in [1.29, 1.82) is 0 Å². The normalized spacial score (nSPS) is 22.3. The lowest BCUT2D eigenvalue weighted by molar-refractivity contribution is 0.0909. The Balaban J connectivity index is 1.63. The Labute approximate surface area is 124 Å². The fourth-order valence-electron chi connectivity index (χ4n) is 3.27. The molecule has 1 aromatic heterocycles. The van der Waals surface area contributed by atoms with Gasteiger partial charge in [0.2, 0.25) is 0 Å². The maximum atomic E-state index is 12.2. The van der Waals surface area contributed by atoms with Gasteiger partial charge in [-0.1, -0.05) is 31.0 Å². The minimum absolute atomic E-state index is 0.132. The van der Waals surface area contributed by atoms with E-state index in [4.69, 9.17) is 10.2 Å². The first-order valence-electron chi connectivity index (χ1n) is 7.75. The van der Waals surface area contributed by atoms with Gasteiger partial charge < -0.3 is 15.5 Å². The third-order valence-electron chi connectivity index (χ3n) is 4.54. The summed E-state index contributed by atoms with van der Waals surface area (Å²) in [6.07, 6.45) is 4.83. The fraction of sp³-hybridized carbons (Fsp3) is 0.471. The van der Waals surface area contributed by atoms with Crippen LogP contribution >= 0.6 is 0 Å². The second-order valence-electron chi connectivity index (χ2n) is 5.90. The molecule has 2 aromatic rings. The van der Waals surface area contributed by atoms with Gasteiger partial charge in [-0.2, -0.15) is 0 Å². The number of nitrogens with two attached hydrogens (primary N) is 1. The molecule has 4 heteroatoms. The van der Waals surface area contributed by atoms with Crippen molar-refractivity contribution in [3.63, 3.8) is 0 Å². The summed E-state index contributed by atoms with van der Waals surface area (Å²) in [7, 11) is 0. The molecule has 0 spiro atoms. The number of amides is 1. The van der Waals surface area contributed by atoms with Crippen LogP contribution in [-0.4, -0.2) is 19.0 Å². The van der Waals surface area contributed by atoms with Crippen molar-refractivity contribution >= 4 is 16.9 Å². The number of fused-ring (bicyclic) bond motifs is 1. The molecule has 0 bridgehead atoms. The topological polar surface area (TPSA) is 68.3 Å². The smallest absolute Gasteiger partial charge is 0.287 e. The van der Waals surface area contributed by atoms with Crippen LogP contribution in [0.2, 0.25) is 0 Å². The summed E-state index contributed by atoms with van der Waals surface area (Å²) in [4.78, 5) is 12.2. The lowest BCUT2D eigenvalue weighted by atomic mass is 9.79. The van der Waals surface area contributed by atoms with Crippen molar-refractivity contribution in [2.45, 2.75) is 25.7 Å². The number of nitrogens with one attached hydrogen (secondary N) is 1. The summed E-state index contributed by atoms with van der Waals surface area (Å²) in [5.41, 5.74) is 6.58. The molecule has 2 unspecified atom stereocenters. The third kappa shape index (κ3) is 3.10. The summed E-state index contributed by atoms with van der Waals surface area (Å²) >= 11 is 0. The highest BCUT2D eigenvalue weighted by Crippen LogP contribution is 2.28. The Morgan fingerprint density at radius 2 is 2.00 bits per heavy atom. The lowest BCUT2D eigenvalue weighted by Gasteiger charge is -2.30. The van der Waals surface area contributed by atoms with E-state index in [2.05, 4.69) is 5.32 Å². The van der Waals surface area contributed by atoms with E-state index in [1.165, 1.54) is 19.3 Å². The first kappa shape index (κ1) is 14.1. The van der Waals surface area contributed by atoms with Crippen LogP contribution in [0.1, 0.15) is 36.2 Å². The summed E-state index contributed by atoms with van der Waals surface area (Å²) in [5, 5.41) is 3.96. The Morgan fingerprint density at radius 1 is 1.24 bits per heavy atom. The van der Waals surface area contributed by atoms with Crippen molar-refractivity contribution in [2.24, 2.45) is 17.6 Å². The van der Waals surface area contributed by atoms with Gasteiger partial charge in [0.15, 0.2) is 5.76 Å². The molecule has 3 rings (SSSR count). The largest absolute Gasteiger partial charge is 0.451 e. The molecule has 1 heterocycles. The highest BCUT2D eigenvalue weighted by atomic mass is 16.3. The molecule has 0 radical (unpaired) electrons. The molecule has 4 nitrogen and oxygen atoms in total. The average Bonchev–Trinajstić information content (AvgIpc) is 2.97. The van der Waals surface area contributed by atoms with Crippen LogP contribution in [0.25, 0.3) is 11.0 Å². The highest BCUT2D eigenvalue weighted by Gasteiger charge is 2.24. The van der Waals surface area contributed by atoms with Crippen LogP contribution in [0.4, 0.5) is 0 Å². The minimum Gasteiger partial charge on any atom is -0.451 e. The van der Waals surface area contributed by atoms with Gasteiger partial charge in [0.25, 0.3) is 5.91 Å². The monoisotopic (exact) mass is 286 g/mol. The van der Waals surface area contributed by atoms with Crippen molar-refractivity contribution < 1.29 is 9.21 Å². The first-order valence-corrected chi connectivity index (χ1v) is 7.75. The van der Waals surface area contributed by atoms with E-state index in [9.17, 15) is 4.79 Å². The number of hydrogen-bond donors (Lipinski definition) is 2. The molecule has 1 aliphatic rings. The van der Waals surface area contributed by atoms with E-state index in [-0.39, 0.29) is 5.91 Å². The first-order chi connectivity index (χ1) is 10.3. The SMILES string of the molecule is NCC1CCCCC1CNC(=O)c1cc2ccccc2o1. The zero-order valence-corrected chi connectivity index (χ0v) is 12.2. The molecule has 0 saturated heterocycles. The fourth-order valence-corrected chi connectivity index (χ4v) is 3.27. The van der Waals surface area contributed by atoms with Gasteiger partial charge in [0.05, 0.1) is 0 Å². The van der Waals surface area contributed by atoms with E-state index in [0.29, 0.717) is 30.7 Å². The van der Waals surface area contributed by atoms with Crippen LogP contribution in [0.5, 0.6) is 0 Å². The highest BCUT2D eigenvalue weighted by molar-refractivity contribution is 5.96. The minimum atomic E-state index is -0.132. The van der Waals surface area contributed by atoms with E-state index in [1.54, 1.807) is 6.07 Å². The van der Waals surface area contributed by atoms with Crippen LogP contribution in [0.3, 0.4) is 0 Å². The van der Waals surface area contributed by atoms with Gasteiger partial charge in [-0.15, -0.1) is 0 Å². The van der Waals surface area contributed by atoms with Gasteiger partial charge >= 0.3 is 0 Å². The molecule has 1 fully saturated rings. The van der Waals surface area contributed by atoms with Gasteiger partial charge in [-0.25, -0.2) is 0 Å². The second kappa shape index (κ2) is 6.31. The van der Waals surface area contributed by atoms with Crippen molar-refractivity contribution in [2.75, 3.05) is 13.1 Å². The zero-order chi connectivity index (χ0) is 14.7. The van der Waals surface area contributed by atoms with Gasteiger partial charge in [0, 0.05) is 11.9 Å². The summed E-state index contributed by atoms with van der Waals surface area (Å²) in [6.45, 7) is 1.41. The quantitative estimate of drug-likeness (QED) is 0.908. The van der Waals surface area contributed by atoms with Crippen LogP contribution in [0.15, 0.2) is 34.7 Å². The second-order valence-corrected chi connectivity index (χ2v) is 5.90. The maximum Gasteiger partial charge on any atom is 0.287 e. The Kier molecular flexibility index (Phi) is 4.25. The molecule has 3 N–H and O–H groups in total. The van der Waals surface area contributed by atoms with Gasteiger partial charge in [0.1, 0.15) is 5.58 Å². The Bertz CT molecular complexity index is 587. The number of furan rings is 1. The van der Waals surface area contributed by atoms with E-state index in [0.717, 1.165) is 17.4 Å². The Hall–Kier alpha value is -1.81. The predicted octanol–water partition coefficient (Wildman–Crippen LogP) is 2.93. The molecule has 1 aliphatic carbocycles. The number of benzene rings is 1. The zero-order valence-electron chi connectivity index (χ0n) is 12.2. The van der Waals surface area contributed by atoms with E-state index >= 15 is 0 Å². The molecular weight excluding hydrogens is 264 g/mol. The van der Waals surface area contributed by atoms with E-state index in [1.807, 2.05) is 24.3 Å². The number of carbonyl (C=O) groups is 1. The lowest BCUT2D eigenvalue weighted by Crippen LogP contribution is -2.36. The van der Waals surface area contributed by atoms with Crippen molar-refractivity contribution in [3.8, 4) is 0 Å². The predicted molar refractivity (Wildman–Crippen MR) is 83.0 cm³/mol. The van der Waals surface area contributed by atoms with Crippen LogP contribution in [-0.2, 0) is 0 Å². The maximum absolute atomic E-state index is 12.2. The number of hydrogen-bond acceptors (Lipinski definition) is 3. The van der Waals surface area contributed by atoms with Crippen LogP contribution in [0, 0.1) is 11.8 Å². The summed E-state index contributed by atoms with van der Waals surface area (Å²) in [6, 6.07) is 9.46. The van der Waals surface area contributed by atoms with Crippen molar-refractivity contribution in [1.82, 2.24) is 5.32 Å². The third-order valence-corrected chi connectivity index (χ3v) is 4.54. The Morgan fingerprint density at radius 3 is 2.76 bits per heavy atom. The van der Waals surface area contributed by atoms with Crippen molar-refractivity contribution in [3.05, 3.63) is 36.1 Å². The molecule has 1 aromatic carbocycles. The molecule has 112 valence electrons. The van der Waals surface area contributed by atoms with Gasteiger partial charge in [-0.05, 0) is 43.4 Å². The standard InChI is InChI=1S/C17H22N2O2/c18-10-13-6-1-2-7-14(13)11-19-17(20)16-9-12-5-3-4-8-15(12)21-16/h3-5,8-9,13-14H,1-2,6-7,10-11,18H2,(H,19,20). The molecule has 1 saturated carbocycles. The van der Waals surface area contributed by atoms with E-state index < -0.39 is 0 Å². The summed E-state index contributed by atoms with van der Waals surface area (Å²) < 4.78 is 5.59. The molecule has 0 aliphatic heterocycles. The number of carbonyl (C=O) groups excluding carboxylic acids is 1. The van der Waals surface area contributed by atoms with Crippen LogP contribution < -0.4 is 11.1 Å². The molecule has 2 atom stereocenters. The molecule has 21 heavy (non-hydrogen) atoms. The number of rotatable bonds is 4. The average molecular weight is 286 g/mol.